The Kier molecular flexibility index (Phi) is 18.2. The molecule has 3 amide bonds. The molecule has 2 aromatic carbocycles. The highest BCUT2D eigenvalue weighted by Crippen LogP contribution is 2.27. The molecule has 21 nitrogen and oxygen atoms in total. The van der Waals surface area contributed by atoms with E-state index in [4.69, 9.17) is 32.2 Å². The maximum absolute atomic E-state index is 12.4. The van der Waals surface area contributed by atoms with Crippen molar-refractivity contribution in [1.82, 2.24) is 55.7 Å². The molecule has 0 saturated carbocycles. The number of hydrazine groups is 1. The van der Waals surface area contributed by atoms with Gasteiger partial charge in [0.15, 0.2) is 40.3 Å². The SMILES string of the molecule is CCCc1ccc(-c2nnc(-c3nc(Br)cnc3N)o2)cc1.CN(Cc1ccc(C(=O)CNC(=O)c2nc(Br)cnc2N)cc1)C(=O)OC(C)(C)C.NNC(=O)c1nc(Br)cnc1N. The monoisotopic (exact) mass is 1070 g/mol. The first-order valence-electron chi connectivity index (χ1n) is 18.9. The second-order valence-electron chi connectivity index (χ2n) is 14.3. The molecule has 336 valence electrons. The van der Waals surface area contributed by atoms with Gasteiger partial charge >= 0.3 is 6.09 Å². The molecule has 64 heavy (non-hydrogen) atoms. The lowest BCUT2D eigenvalue weighted by Gasteiger charge is -2.24. The molecular weight excluding hydrogens is 1030 g/mol. The number of anilines is 3. The summed E-state index contributed by atoms with van der Waals surface area (Å²) >= 11 is 9.41. The Morgan fingerprint density at radius 1 is 0.734 bits per heavy atom. The number of nitrogens with zero attached hydrogens (tertiary/aromatic N) is 9. The summed E-state index contributed by atoms with van der Waals surface area (Å²) in [6, 6.07) is 14.8. The number of hydrogen-bond acceptors (Lipinski definition) is 18. The molecule has 4 heterocycles. The molecule has 0 atom stereocenters. The van der Waals surface area contributed by atoms with Gasteiger partial charge in [-0.2, -0.15) is 0 Å². The average Bonchev–Trinajstić information content (AvgIpc) is 3.76. The van der Waals surface area contributed by atoms with Crippen molar-refractivity contribution in [3.63, 3.8) is 0 Å². The molecule has 0 bridgehead atoms. The Bertz CT molecular complexity index is 2570. The highest BCUT2D eigenvalue weighted by Gasteiger charge is 2.21. The fourth-order valence-electron chi connectivity index (χ4n) is 5.05. The number of rotatable bonds is 11. The van der Waals surface area contributed by atoms with Crippen LogP contribution in [-0.2, 0) is 17.7 Å². The molecular formula is C40H44Br3N15O6. The fourth-order valence-corrected chi connectivity index (χ4v) is 5.89. The highest BCUT2D eigenvalue weighted by molar-refractivity contribution is 9.11. The highest BCUT2D eigenvalue weighted by atomic mass is 79.9. The van der Waals surface area contributed by atoms with Crippen molar-refractivity contribution in [2.45, 2.75) is 52.7 Å². The van der Waals surface area contributed by atoms with Crippen LogP contribution in [0.25, 0.3) is 23.0 Å². The zero-order valence-electron chi connectivity index (χ0n) is 35.1. The number of ketones is 1. The summed E-state index contributed by atoms with van der Waals surface area (Å²) < 4.78 is 12.3. The Morgan fingerprint density at radius 3 is 1.80 bits per heavy atom. The number of carbonyl (C=O) groups excluding carboxylic acids is 4. The van der Waals surface area contributed by atoms with Gasteiger partial charge in [-0.1, -0.05) is 49.7 Å². The van der Waals surface area contributed by atoms with E-state index in [1.807, 2.05) is 17.6 Å². The maximum atomic E-state index is 12.4. The predicted octanol–water partition coefficient (Wildman–Crippen LogP) is 5.72. The normalized spacial score (nSPS) is 10.6. The molecule has 0 aliphatic heterocycles. The standard InChI is InChI=1S/C20H24BrN5O4.C15H14BrN5O.C5H6BrN5O/c1-20(2,3)30-19(29)26(4)11-12-5-7-13(8-6-12)14(27)9-24-18(28)16-17(22)23-10-15(21)25-16;1-2-3-9-4-6-10(7-5-9)14-20-21-15(22-14)12-13(17)18-8-11(16)19-12;6-2-1-9-4(7)3(10-2)5(12)11-8/h5-8,10H,9,11H2,1-4H3,(H2,22,23)(H,24,28);4-8H,2-3H2,1H3,(H2,17,18);1H,8H2,(H2,7,9)(H,11,12). The van der Waals surface area contributed by atoms with Crippen molar-refractivity contribution in [2.24, 2.45) is 5.84 Å². The number of aryl methyl sites for hydroxylation is 1. The number of nitrogen functional groups attached to an aromatic ring is 4. The molecule has 0 fully saturated rings. The number of amides is 3. The first-order chi connectivity index (χ1) is 30.3. The van der Waals surface area contributed by atoms with Crippen molar-refractivity contribution in [3.05, 3.63) is 109 Å². The van der Waals surface area contributed by atoms with Crippen LogP contribution in [0.15, 0.2) is 85.3 Å². The number of Topliss-reactive ketones (excluding diaryl/α,β-unsaturated/α-hetero) is 1. The Hall–Kier alpha value is -6.50. The Morgan fingerprint density at radius 2 is 1.25 bits per heavy atom. The van der Waals surface area contributed by atoms with Crippen LogP contribution < -0.4 is 33.8 Å². The van der Waals surface area contributed by atoms with E-state index >= 15 is 0 Å². The lowest BCUT2D eigenvalue weighted by molar-refractivity contribution is 0.0284. The van der Waals surface area contributed by atoms with Crippen molar-refractivity contribution in [1.29, 1.82) is 0 Å². The lowest BCUT2D eigenvalue weighted by Crippen LogP contribution is -2.33. The zero-order chi connectivity index (χ0) is 47.1. The second kappa shape index (κ2) is 23.3. The van der Waals surface area contributed by atoms with Gasteiger partial charge in [0.1, 0.15) is 19.4 Å². The third-order valence-electron chi connectivity index (χ3n) is 8.05. The van der Waals surface area contributed by atoms with Gasteiger partial charge < -0.3 is 36.6 Å². The van der Waals surface area contributed by atoms with Crippen molar-refractivity contribution < 1.29 is 28.3 Å². The van der Waals surface area contributed by atoms with E-state index in [0.717, 1.165) is 24.0 Å². The van der Waals surface area contributed by atoms with Gasteiger partial charge in [-0.25, -0.2) is 40.5 Å². The largest absolute Gasteiger partial charge is 0.444 e. The van der Waals surface area contributed by atoms with Gasteiger partial charge in [0.05, 0.1) is 25.1 Å². The molecule has 0 radical (unpaired) electrons. The molecule has 0 aliphatic rings. The third kappa shape index (κ3) is 15.1. The topological polar surface area (TPSA) is 325 Å². The van der Waals surface area contributed by atoms with Crippen molar-refractivity contribution in [2.75, 3.05) is 30.8 Å². The minimum Gasteiger partial charge on any atom is -0.444 e. The number of hydrogen-bond donors (Lipinski definition) is 6. The predicted molar refractivity (Wildman–Crippen MR) is 248 cm³/mol. The number of halogens is 3. The smallest absolute Gasteiger partial charge is 0.410 e. The fraction of sp³-hybridized carbons (Fsp3) is 0.250. The molecule has 0 aliphatic carbocycles. The number of nitrogens with one attached hydrogen (secondary N) is 2. The first kappa shape index (κ1) is 50.1. The number of benzene rings is 2. The molecule has 6 rings (SSSR count). The Labute approximate surface area is 392 Å². The summed E-state index contributed by atoms with van der Waals surface area (Å²) in [6.45, 7) is 7.67. The van der Waals surface area contributed by atoms with E-state index < -0.39 is 23.5 Å². The molecule has 10 N–H and O–H groups in total. The summed E-state index contributed by atoms with van der Waals surface area (Å²) in [5.41, 5.74) is 21.9. The van der Waals surface area contributed by atoms with Crippen LogP contribution in [0.2, 0.25) is 0 Å². The van der Waals surface area contributed by atoms with Crippen molar-refractivity contribution >= 4 is 88.9 Å². The van der Waals surface area contributed by atoms with Gasteiger partial charge in [0.2, 0.25) is 5.89 Å². The van der Waals surface area contributed by atoms with Crippen molar-refractivity contribution in [3.8, 4) is 23.0 Å². The van der Waals surface area contributed by atoms with E-state index in [9.17, 15) is 19.2 Å². The minimum absolute atomic E-state index is 0.00637. The molecule has 6 aromatic rings. The summed E-state index contributed by atoms with van der Waals surface area (Å²) in [5, 5.41) is 10.5. The molecule has 24 heteroatoms. The molecule has 0 unspecified atom stereocenters. The second-order valence-corrected chi connectivity index (χ2v) is 16.7. The van der Waals surface area contributed by atoms with E-state index in [1.54, 1.807) is 52.1 Å². The van der Waals surface area contributed by atoms with Crippen LogP contribution in [0.5, 0.6) is 0 Å². The van der Waals surface area contributed by atoms with Crippen LogP contribution in [-0.4, -0.2) is 87.9 Å². The van der Waals surface area contributed by atoms with E-state index in [2.05, 4.69) is 112 Å². The van der Waals surface area contributed by atoms with Gasteiger partial charge in [0.25, 0.3) is 17.7 Å². The lowest BCUT2D eigenvalue weighted by atomic mass is 10.1. The van der Waals surface area contributed by atoms with E-state index in [0.29, 0.717) is 37.5 Å². The number of nitrogens with two attached hydrogens (primary N) is 4. The van der Waals surface area contributed by atoms with Crippen LogP contribution >= 0.6 is 47.8 Å². The van der Waals surface area contributed by atoms with Crippen LogP contribution in [0.4, 0.5) is 22.2 Å². The quantitative estimate of drug-likeness (QED) is 0.0391. The van der Waals surface area contributed by atoms with E-state index in [-0.39, 0.29) is 47.1 Å². The summed E-state index contributed by atoms with van der Waals surface area (Å²) in [5.74, 6) is 4.39. The minimum atomic E-state index is -0.592. The van der Waals surface area contributed by atoms with Crippen LogP contribution in [0, 0.1) is 0 Å². The van der Waals surface area contributed by atoms with E-state index in [1.165, 1.54) is 29.1 Å². The number of carbonyl (C=O) groups is 4. The number of ether oxygens (including phenoxy) is 1. The van der Waals surface area contributed by atoms with Gasteiger partial charge in [0, 0.05) is 24.7 Å². The maximum Gasteiger partial charge on any atom is 0.410 e. The third-order valence-corrected chi connectivity index (χ3v) is 9.20. The zero-order valence-corrected chi connectivity index (χ0v) is 39.9. The molecule has 0 spiro atoms. The van der Waals surface area contributed by atoms with Gasteiger partial charge in [-0.3, -0.25) is 19.8 Å². The Balaban J connectivity index is 0.000000230. The molecule has 4 aromatic heterocycles. The summed E-state index contributed by atoms with van der Waals surface area (Å²) in [4.78, 5) is 72.5. The van der Waals surface area contributed by atoms with Gasteiger partial charge in [-0.05, 0) is 98.2 Å². The summed E-state index contributed by atoms with van der Waals surface area (Å²) in [7, 11) is 1.64. The first-order valence-corrected chi connectivity index (χ1v) is 21.3. The average molecular weight is 1070 g/mol. The number of aromatic nitrogens is 8. The molecule has 0 saturated heterocycles. The van der Waals surface area contributed by atoms with Crippen LogP contribution in [0.1, 0.15) is 76.6 Å². The van der Waals surface area contributed by atoms with Gasteiger partial charge in [-0.15, -0.1) is 10.2 Å². The summed E-state index contributed by atoms with van der Waals surface area (Å²) in [6.07, 6.45) is 6.02. The van der Waals surface area contributed by atoms with Crippen LogP contribution in [0.3, 0.4) is 0 Å².